The Morgan fingerprint density at radius 2 is 0.898 bits per heavy atom. The topological polar surface area (TPSA) is 8.17 Å². The van der Waals surface area contributed by atoms with Crippen LogP contribution in [-0.2, 0) is 0 Å². The van der Waals surface area contributed by atoms with E-state index < -0.39 is 0 Å². The largest absolute Gasteiger partial charge is 0.310 e. The molecule has 10 aromatic carbocycles. The number of rotatable bonds is 6. The zero-order valence-electron chi connectivity index (χ0n) is 32.1. The maximum atomic E-state index is 2.40. The molecule has 0 spiro atoms. The highest BCUT2D eigenvalue weighted by Crippen LogP contribution is 2.42. The summed E-state index contributed by atoms with van der Waals surface area (Å²) < 4.78 is 5.02. The van der Waals surface area contributed by atoms with Crippen LogP contribution in [0.4, 0.5) is 17.1 Å². The van der Waals surface area contributed by atoms with Gasteiger partial charge in [-0.25, -0.2) is 0 Å². The summed E-state index contributed by atoms with van der Waals surface area (Å²) in [5.41, 5.74) is 11.8. The zero-order valence-corrected chi connectivity index (χ0v) is 32.9. The number of anilines is 3. The molecule has 12 aromatic rings. The van der Waals surface area contributed by atoms with E-state index in [2.05, 4.69) is 228 Å². The van der Waals surface area contributed by atoms with Gasteiger partial charge in [0.15, 0.2) is 0 Å². The van der Waals surface area contributed by atoms with Crippen molar-refractivity contribution in [3.05, 3.63) is 218 Å². The van der Waals surface area contributed by atoms with E-state index in [1.165, 1.54) is 85.8 Å². The molecule has 0 aliphatic carbocycles. The van der Waals surface area contributed by atoms with Crippen LogP contribution in [0.1, 0.15) is 0 Å². The Labute approximate surface area is 346 Å². The number of hydrogen-bond donors (Lipinski definition) is 0. The van der Waals surface area contributed by atoms with Crippen LogP contribution in [0.15, 0.2) is 218 Å². The molecule has 2 aromatic heterocycles. The maximum Gasteiger partial charge on any atom is 0.0547 e. The number of fused-ring (bicyclic) bond motifs is 9. The summed E-state index contributed by atoms with van der Waals surface area (Å²) >= 11 is 1.85. The quantitative estimate of drug-likeness (QED) is 0.164. The van der Waals surface area contributed by atoms with Crippen LogP contribution in [-0.4, -0.2) is 4.57 Å². The highest BCUT2D eigenvalue weighted by Gasteiger charge is 2.17. The summed E-state index contributed by atoms with van der Waals surface area (Å²) in [6.45, 7) is 0. The van der Waals surface area contributed by atoms with Crippen LogP contribution >= 0.6 is 11.3 Å². The number of para-hydroxylation sites is 1. The minimum absolute atomic E-state index is 1.11. The minimum Gasteiger partial charge on any atom is -0.310 e. The second-order valence-corrected chi connectivity index (χ2v) is 16.4. The lowest BCUT2D eigenvalue weighted by molar-refractivity contribution is 1.18. The normalized spacial score (nSPS) is 11.7. The summed E-state index contributed by atoms with van der Waals surface area (Å²) in [6.07, 6.45) is 0. The molecule has 0 atom stereocenters. The first-order chi connectivity index (χ1) is 29.2. The van der Waals surface area contributed by atoms with Crippen LogP contribution in [0.3, 0.4) is 0 Å². The van der Waals surface area contributed by atoms with E-state index in [9.17, 15) is 0 Å². The second kappa shape index (κ2) is 13.6. The van der Waals surface area contributed by atoms with Crippen LogP contribution in [0, 0.1) is 0 Å². The number of nitrogens with zero attached hydrogens (tertiary/aromatic N) is 2. The molecule has 0 radical (unpaired) electrons. The average molecular weight is 769 g/mol. The van der Waals surface area contributed by atoms with Crippen LogP contribution in [0.25, 0.3) is 91.5 Å². The standard InChI is InChI=1S/C56H36N2S/c1-3-13-46-39(10-1)12-9-17-47(46)41-24-31-43(32-25-41)57(45-33-35-55-51(36-45)49-15-6-8-19-54(49)59-55)42-27-20-37(21-28-42)38-22-29-44(30-23-38)58-52-18-7-5-16-50(52)56-48-14-4-2-11-40(48)26-34-53(56)58/h1-36H. The highest BCUT2D eigenvalue weighted by molar-refractivity contribution is 7.25. The summed E-state index contributed by atoms with van der Waals surface area (Å²) in [5.74, 6) is 0. The molecule has 3 heteroatoms. The summed E-state index contributed by atoms with van der Waals surface area (Å²) in [6, 6.07) is 79.9. The van der Waals surface area contributed by atoms with Crippen molar-refractivity contribution in [3.63, 3.8) is 0 Å². The van der Waals surface area contributed by atoms with Gasteiger partial charge in [0.1, 0.15) is 0 Å². The predicted octanol–water partition coefficient (Wildman–Crippen LogP) is 16.3. The van der Waals surface area contributed by atoms with E-state index in [-0.39, 0.29) is 0 Å². The van der Waals surface area contributed by atoms with Gasteiger partial charge in [-0.3, -0.25) is 0 Å². The molecule has 0 aliphatic heterocycles. The number of benzene rings is 10. The molecule has 276 valence electrons. The van der Waals surface area contributed by atoms with Crippen molar-refractivity contribution < 1.29 is 0 Å². The Balaban J connectivity index is 0.928. The minimum atomic E-state index is 1.11. The van der Waals surface area contributed by atoms with Crippen molar-refractivity contribution in [2.75, 3.05) is 4.90 Å². The van der Waals surface area contributed by atoms with Crippen molar-refractivity contribution in [2.24, 2.45) is 0 Å². The Morgan fingerprint density at radius 3 is 1.66 bits per heavy atom. The van der Waals surface area contributed by atoms with E-state index >= 15 is 0 Å². The number of aromatic nitrogens is 1. The Bertz CT molecular complexity index is 3530. The summed E-state index contributed by atoms with van der Waals surface area (Å²) in [5, 5.41) is 10.2. The van der Waals surface area contributed by atoms with Gasteiger partial charge >= 0.3 is 0 Å². The molecule has 0 saturated carbocycles. The van der Waals surface area contributed by atoms with Crippen molar-refractivity contribution >= 4 is 91.9 Å². The fourth-order valence-corrected chi connectivity index (χ4v) is 10.3. The average Bonchev–Trinajstić information content (AvgIpc) is 3.85. The molecular weight excluding hydrogens is 733 g/mol. The Hall–Kier alpha value is -7.46. The Kier molecular flexibility index (Phi) is 7.75. The van der Waals surface area contributed by atoms with E-state index in [4.69, 9.17) is 0 Å². The van der Waals surface area contributed by atoms with Gasteiger partial charge < -0.3 is 9.47 Å². The van der Waals surface area contributed by atoms with Crippen molar-refractivity contribution in [1.82, 2.24) is 4.57 Å². The predicted molar refractivity (Wildman–Crippen MR) is 254 cm³/mol. The third-order valence-electron chi connectivity index (χ3n) is 12.0. The van der Waals surface area contributed by atoms with E-state index in [1.54, 1.807) is 0 Å². The lowest BCUT2D eigenvalue weighted by Gasteiger charge is -2.26. The molecule has 0 N–H and O–H groups in total. The molecule has 12 rings (SSSR count). The maximum absolute atomic E-state index is 2.40. The van der Waals surface area contributed by atoms with Crippen molar-refractivity contribution in [2.45, 2.75) is 0 Å². The fraction of sp³-hybridized carbons (Fsp3) is 0. The van der Waals surface area contributed by atoms with Crippen molar-refractivity contribution in [3.8, 4) is 27.9 Å². The molecular formula is C56H36N2S. The summed E-state index contributed by atoms with van der Waals surface area (Å²) in [7, 11) is 0. The molecule has 0 aliphatic rings. The van der Waals surface area contributed by atoms with Gasteiger partial charge in [0, 0.05) is 53.7 Å². The monoisotopic (exact) mass is 768 g/mol. The van der Waals surface area contributed by atoms with Gasteiger partial charge in [-0.1, -0.05) is 146 Å². The molecule has 0 fully saturated rings. The molecule has 0 bridgehead atoms. The lowest BCUT2D eigenvalue weighted by Crippen LogP contribution is -2.09. The zero-order chi connectivity index (χ0) is 38.9. The van der Waals surface area contributed by atoms with Gasteiger partial charge in [0.2, 0.25) is 0 Å². The fourth-order valence-electron chi connectivity index (χ4n) is 9.19. The van der Waals surface area contributed by atoms with Gasteiger partial charge in [-0.2, -0.15) is 0 Å². The lowest BCUT2D eigenvalue weighted by atomic mass is 9.98. The third-order valence-corrected chi connectivity index (χ3v) is 13.1. The Morgan fingerprint density at radius 1 is 0.339 bits per heavy atom. The molecule has 2 nitrogen and oxygen atoms in total. The van der Waals surface area contributed by atoms with E-state index in [0.29, 0.717) is 0 Å². The van der Waals surface area contributed by atoms with Gasteiger partial charge in [0.05, 0.1) is 11.0 Å². The number of thiophene rings is 1. The van der Waals surface area contributed by atoms with Crippen LogP contribution in [0.5, 0.6) is 0 Å². The first-order valence-corrected chi connectivity index (χ1v) is 21.0. The van der Waals surface area contributed by atoms with Crippen molar-refractivity contribution in [1.29, 1.82) is 0 Å². The first kappa shape index (κ1) is 33.7. The third kappa shape index (κ3) is 5.55. The molecule has 0 saturated heterocycles. The summed E-state index contributed by atoms with van der Waals surface area (Å²) in [4.78, 5) is 2.39. The number of hydrogen-bond acceptors (Lipinski definition) is 2. The molecule has 59 heavy (non-hydrogen) atoms. The second-order valence-electron chi connectivity index (χ2n) is 15.3. The molecule has 0 unspecified atom stereocenters. The van der Waals surface area contributed by atoms with E-state index in [0.717, 1.165) is 22.7 Å². The van der Waals surface area contributed by atoms with E-state index in [1.807, 2.05) is 11.3 Å². The SMILES string of the molecule is c1ccc2c(-c3ccc(N(c4ccc(-c5ccc(-n6c7ccccc7c7c8ccccc8ccc76)cc5)cc4)c4ccc5sc6ccccc6c5c4)cc3)cccc2c1. The van der Waals surface area contributed by atoms with Gasteiger partial charge in [-0.15, -0.1) is 11.3 Å². The highest BCUT2D eigenvalue weighted by atomic mass is 32.1. The van der Waals surface area contributed by atoms with Gasteiger partial charge in [0.25, 0.3) is 0 Å². The molecule has 2 heterocycles. The molecule has 0 amide bonds. The first-order valence-electron chi connectivity index (χ1n) is 20.2. The smallest absolute Gasteiger partial charge is 0.0547 e. The van der Waals surface area contributed by atoms with Gasteiger partial charge in [-0.05, 0) is 117 Å². The van der Waals surface area contributed by atoms with Crippen LogP contribution in [0.2, 0.25) is 0 Å². The van der Waals surface area contributed by atoms with Crippen LogP contribution < -0.4 is 4.90 Å².